The van der Waals surface area contributed by atoms with Crippen molar-refractivity contribution in [3.63, 3.8) is 0 Å². The standard InChI is InChI=1S/C24H41N3O4/c1-17(2)12-14-25-21(28)7-5-4-6-13-26-23(30)20-10-8-19(9-11-20)16-27-22(29)15-18(3)24(27)31/h17-20H,4-16H2,1-3H3,(H,25,28)(H,26,30). The molecule has 7 nitrogen and oxygen atoms in total. The van der Waals surface area contributed by atoms with E-state index in [4.69, 9.17) is 0 Å². The number of hydrogen-bond donors (Lipinski definition) is 2. The second-order valence-electron chi connectivity index (χ2n) is 9.80. The summed E-state index contributed by atoms with van der Waals surface area (Å²) in [5.41, 5.74) is 0. The Hall–Kier alpha value is -1.92. The molecule has 0 aromatic rings. The van der Waals surface area contributed by atoms with Crippen LogP contribution in [0.1, 0.15) is 85.0 Å². The monoisotopic (exact) mass is 435 g/mol. The molecule has 4 amide bonds. The van der Waals surface area contributed by atoms with Crippen LogP contribution < -0.4 is 10.6 Å². The van der Waals surface area contributed by atoms with Crippen LogP contribution in [-0.4, -0.2) is 48.2 Å². The van der Waals surface area contributed by atoms with E-state index in [0.717, 1.165) is 57.9 Å². The lowest BCUT2D eigenvalue weighted by molar-refractivity contribution is -0.140. The van der Waals surface area contributed by atoms with Crippen molar-refractivity contribution in [3.05, 3.63) is 0 Å². The first-order valence-electron chi connectivity index (χ1n) is 12.2. The van der Waals surface area contributed by atoms with Gasteiger partial charge < -0.3 is 10.6 Å². The maximum atomic E-state index is 12.4. The fraction of sp³-hybridized carbons (Fsp3) is 0.833. The number of nitrogens with one attached hydrogen (secondary N) is 2. The van der Waals surface area contributed by atoms with E-state index in [-0.39, 0.29) is 35.5 Å². The molecule has 0 bridgehead atoms. The zero-order chi connectivity index (χ0) is 22.8. The van der Waals surface area contributed by atoms with Crippen molar-refractivity contribution in [1.82, 2.24) is 15.5 Å². The molecule has 1 saturated carbocycles. The van der Waals surface area contributed by atoms with Gasteiger partial charge in [0.2, 0.25) is 23.6 Å². The van der Waals surface area contributed by atoms with Gasteiger partial charge in [-0.3, -0.25) is 24.1 Å². The first-order chi connectivity index (χ1) is 14.8. The summed E-state index contributed by atoms with van der Waals surface area (Å²) >= 11 is 0. The van der Waals surface area contributed by atoms with E-state index < -0.39 is 0 Å². The van der Waals surface area contributed by atoms with Crippen molar-refractivity contribution in [3.8, 4) is 0 Å². The van der Waals surface area contributed by atoms with E-state index in [1.165, 1.54) is 4.90 Å². The van der Waals surface area contributed by atoms with Gasteiger partial charge in [0, 0.05) is 44.3 Å². The molecule has 1 saturated heterocycles. The predicted octanol–water partition coefficient (Wildman–Crippen LogP) is 3.03. The number of carbonyl (C=O) groups is 4. The minimum atomic E-state index is -0.186. The second kappa shape index (κ2) is 12.8. The van der Waals surface area contributed by atoms with E-state index in [2.05, 4.69) is 24.5 Å². The Bertz CT molecular complexity index is 626. The average molecular weight is 436 g/mol. The van der Waals surface area contributed by atoms with Crippen molar-refractivity contribution in [2.45, 2.75) is 85.0 Å². The van der Waals surface area contributed by atoms with Crippen LogP contribution in [0.5, 0.6) is 0 Å². The molecule has 0 spiro atoms. The molecule has 1 unspecified atom stereocenters. The number of imide groups is 1. The van der Waals surface area contributed by atoms with E-state index in [1.807, 2.05) is 6.92 Å². The molecule has 2 N–H and O–H groups in total. The normalized spacial score (nSPS) is 24.0. The highest BCUT2D eigenvalue weighted by atomic mass is 16.2. The van der Waals surface area contributed by atoms with Gasteiger partial charge in [-0.25, -0.2) is 0 Å². The largest absolute Gasteiger partial charge is 0.356 e. The summed E-state index contributed by atoms with van der Waals surface area (Å²) in [6.07, 6.45) is 7.96. The molecule has 1 atom stereocenters. The van der Waals surface area contributed by atoms with Crippen LogP contribution in [0, 0.1) is 23.7 Å². The van der Waals surface area contributed by atoms with Gasteiger partial charge in [0.05, 0.1) is 0 Å². The topological polar surface area (TPSA) is 95.6 Å². The van der Waals surface area contributed by atoms with Crippen LogP contribution in [0.4, 0.5) is 0 Å². The lowest BCUT2D eigenvalue weighted by atomic mass is 9.81. The molecule has 0 aromatic heterocycles. The van der Waals surface area contributed by atoms with Crippen LogP contribution in [0.15, 0.2) is 0 Å². The van der Waals surface area contributed by atoms with E-state index >= 15 is 0 Å². The van der Waals surface area contributed by atoms with Gasteiger partial charge in [-0.15, -0.1) is 0 Å². The van der Waals surface area contributed by atoms with Gasteiger partial charge in [-0.1, -0.05) is 27.2 Å². The second-order valence-corrected chi connectivity index (χ2v) is 9.80. The van der Waals surface area contributed by atoms with Crippen LogP contribution in [0.25, 0.3) is 0 Å². The zero-order valence-corrected chi connectivity index (χ0v) is 19.6. The first-order valence-corrected chi connectivity index (χ1v) is 12.2. The Morgan fingerprint density at radius 3 is 2.32 bits per heavy atom. The smallest absolute Gasteiger partial charge is 0.232 e. The van der Waals surface area contributed by atoms with E-state index in [1.54, 1.807) is 0 Å². The molecule has 1 aliphatic heterocycles. The Labute approximate surface area is 187 Å². The lowest BCUT2D eigenvalue weighted by Crippen LogP contribution is -2.38. The molecule has 2 fully saturated rings. The van der Waals surface area contributed by atoms with Gasteiger partial charge in [0.25, 0.3) is 0 Å². The summed E-state index contributed by atoms with van der Waals surface area (Å²) < 4.78 is 0. The van der Waals surface area contributed by atoms with Gasteiger partial charge in [-0.2, -0.15) is 0 Å². The highest BCUT2D eigenvalue weighted by Crippen LogP contribution is 2.31. The molecular formula is C24H41N3O4. The zero-order valence-electron chi connectivity index (χ0n) is 19.6. The fourth-order valence-electron chi connectivity index (χ4n) is 4.44. The summed E-state index contributed by atoms with van der Waals surface area (Å²) in [4.78, 5) is 49.6. The third-order valence-corrected chi connectivity index (χ3v) is 6.55. The number of hydrogen-bond acceptors (Lipinski definition) is 4. The number of unbranched alkanes of at least 4 members (excludes halogenated alkanes) is 2. The van der Waals surface area contributed by atoms with Crippen molar-refractivity contribution in [2.24, 2.45) is 23.7 Å². The Balaban J connectivity index is 1.52. The lowest BCUT2D eigenvalue weighted by Gasteiger charge is -2.30. The molecule has 1 aliphatic carbocycles. The molecular weight excluding hydrogens is 394 g/mol. The molecule has 2 aliphatic rings. The summed E-state index contributed by atoms with van der Waals surface area (Å²) in [7, 11) is 0. The molecule has 0 aromatic carbocycles. The molecule has 31 heavy (non-hydrogen) atoms. The first kappa shape index (κ1) is 25.3. The van der Waals surface area contributed by atoms with Crippen LogP contribution in [0.3, 0.4) is 0 Å². The summed E-state index contributed by atoms with van der Waals surface area (Å²) in [5, 5.41) is 5.99. The molecule has 176 valence electrons. The quantitative estimate of drug-likeness (QED) is 0.364. The number of carbonyl (C=O) groups excluding carboxylic acids is 4. The maximum Gasteiger partial charge on any atom is 0.232 e. The highest BCUT2D eigenvalue weighted by Gasteiger charge is 2.37. The molecule has 2 rings (SSSR count). The third kappa shape index (κ3) is 8.62. The van der Waals surface area contributed by atoms with Gasteiger partial charge in [0.15, 0.2) is 0 Å². The average Bonchev–Trinajstić information content (AvgIpc) is 2.96. The minimum absolute atomic E-state index is 0.0342. The van der Waals surface area contributed by atoms with Gasteiger partial charge in [-0.05, 0) is 56.8 Å². The van der Waals surface area contributed by atoms with Gasteiger partial charge >= 0.3 is 0 Å². The number of amides is 4. The number of nitrogens with zero attached hydrogens (tertiary/aromatic N) is 1. The number of likely N-dealkylation sites (tertiary alicyclic amines) is 1. The summed E-state index contributed by atoms with van der Waals surface area (Å²) in [5.74, 6) is 0.902. The molecule has 7 heteroatoms. The van der Waals surface area contributed by atoms with E-state index in [9.17, 15) is 19.2 Å². The Morgan fingerprint density at radius 2 is 1.71 bits per heavy atom. The van der Waals surface area contributed by atoms with E-state index in [0.29, 0.717) is 37.8 Å². The predicted molar refractivity (Wildman–Crippen MR) is 120 cm³/mol. The number of rotatable bonds is 12. The third-order valence-electron chi connectivity index (χ3n) is 6.55. The van der Waals surface area contributed by atoms with Crippen molar-refractivity contribution < 1.29 is 19.2 Å². The van der Waals surface area contributed by atoms with Gasteiger partial charge in [0.1, 0.15) is 0 Å². The van der Waals surface area contributed by atoms with Crippen LogP contribution in [0.2, 0.25) is 0 Å². The minimum Gasteiger partial charge on any atom is -0.356 e. The fourth-order valence-corrected chi connectivity index (χ4v) is 4.44. The highest BCUT2D eigenvalue weighted by molar-refractivity contribution is 6.03. The van der Waals surface area contributed by atoms with Crippen molar-refractivity contribution in [1.29, 1.82) is 0 Å². The SMILES string of the molecule is CC(C)CCNC(=O)CCCCCNC(=O)C1CCC(CN2C(=O)CC(C)C2=O)CC1. The summed E-state index contributed by atoms with van der Waals surface area (Å²) in [6, 6.07) is 0. The van der Waals surface area contributed by atoms with Crippen molar-refractivity contribution in [2.75, 3.05) is 19.6 Å². The molecule has 1 heterocycles. The Kier molecular flexibility index (Phi) is 10.5. The maximum absolute atomic E-state index is 12.4. The van der Waals surface area contributed by atoms with Crippen molar-refractivity contribution >= 4 is 23.6 Å². The van der Waals surface area contributed by atoms with Crippen LogP contribution >= 0.6 is 0 Å². The van der Waals surface area contributed by atoms with Crippen LogP contribution in [-0.2, 0) is 19.2 Å². The Morgan fingerprint density at radius 1 is 1.00 bits per heavy atom. The molecule has 0 radical (unpaired) electrons. The summed E-state index contributed by atoms with van der Waals surface area (Å²) in [6.45, 7) is 8.02.